The second-order valence-electron chi connectivity index (χ2n) is 7.13. The van der Waals surface area contributed by atoms with Crippen LogP contribution in [-0.4, -0.2) is 35.7 Å². The molecule has 3 heterocycles. The quantitative estimate of drug-likeness (QED) is 0.323. The number of ketones is 1. The van der Waals surface area contributed by atoms with E-state index in [1.165, 1.54) is 16.7 Å². The van der Waals surface area contributed by atoms with Crippen LogP contribution in [0.3, 0.4) is 0 Å². The smallest absolute Gasteiger partial charge is 0.300 e. The Bertz CT molecular complexity index is 1570. The summed E-state index contributed by atoms with van der Waals surface area (Å²) in [7, 11) is 0. The fourth-order valence-electron chi connectivity index (χ4n) is 3.64. The molecule has 0 amide bonds. The first-order valence-corrected chi connectivity index (χ1v) is 10.6. The van der Waals surface area contributed by atoms with Crippen molar-refractivity contribution in [2.75, 3.05) is 5.75 Å². The molecule has 2 aromatic carbocycles. The number of aromatic nitrogens is 5. The van der Waals surface area contributed by atoms with Crippen molar-refractivity contribution in [1.82, 2.24) is 24.1 Å². The number of rotatable bonds is 5. The van der Waals surface area contributed by atoms with Crippen LogP contribution < -0.4 is 5.56 Å². The van der Waals surface area contributed by atoms with Gasteiger partial charge < -0.3 is 4.98 Å². The normalized spacial score (nSPS) is 11.5. The van der Waals surface area contributed by atoms with Crippen molar-refractivity contribution in [3.63, 3.8) is 0 Å². The second-order valence-corrected chi connectivity index (χ2v) is 8.07. The predicted molar refractivity (Wildman–Crippen MR) is 117 cm³/mol. The molecule has 0 radical (unpaired) electrons. The molecule has 0 unspecified atom stereocenters. The molecule has 0 bridgehead atoms. The molecule has 0 aliphatic heterocycles. The molecular weight excluding hydrogens is 436 g/mol. The third-order valence-electron chi connectivity index (χ3n) is 5.13. The van der Waals surface area contributed by atoms with Crippen molar-refractivity contribution in [1.29, 1.82) is 0 Å². The lowest BCUT2D eigenvalue weighted by atomic mass is 10.1. The molecule has 0 saturated carbocycles. The van der Waals surface area contributed by atoms with Crippen LogP contribution in [0.5, 0.6) is 0 Å². The highest BCUT2D eigenvalue weighted by molar-refractivity contribution is 7.99. The van der Waals surface area contributed by atoms with E-state index in [4.69, 9.17) is 0 Å². The van der Waals surface area contributed by atoms with Gasteiger partial charge in [0.25, 0.3) is 0 Å². The van der Waals surface area contributed by atoms with Crippen LogP contribution in [0.25, 0.3) is 22.2 Å². The fourth-order valence-corrected chi connectivity index (χ4v) is 4.43. The van der Waals surface area contributed by atoms with Gasteiger partial charge in [0.15, 0.2) is 22.6 Å². The number of para-hydroxylation sites is 1. The van der Waals surface area contributed by atoms with Gasteiger partial charge in [0, 0.05) is 40.6 Å². The first-order valence-electron chi connectivity index (χ1n) is 9.59. The number of halogens is 2. The van der Waals surface area contributed by atoms with Crippen LogP contribution in [0.15, 0.2) is 64.8 Å². The molecule has 0 saturated heterocycles. The third-order valence-corrected chi connectivity index (χ3v) is 6.07. The third kappa shape index (κ3) is 3.28. The van der Waals surface area contributed by atoms with Gasteiger partial charge in [-0.05, 0) is 25.1 Å². The highest BCUT2D eigenvalue weighted by Crippen LogP contribution is 2.25. The van der Waals surface area contributed by atoms with Crippen molar-refractivity contribution in [2.45, 2.75) is 12.1 Å². The van der Waals surface area contributed by atoms with E-state index in [0.717, 1.165) is 45.1 Å². The van der Waals surface area contributed by atoms with Gasteiger partial charge in [0.1, 0.15) is 0 Å². The number of Topliss-reactive ketones (excluding diaryl/α,β-unsaturated/α-hetero) is 1. The van der Waals surface area contributed by atoms with Gasteiger partial charge in [-0.2, -0.15) is 0 Å². The molecule has 0 aliphatic carbocycles. The molecule has 5 aromatic rings. The number of hydrogen-bond donors (Lipinski definition) is 1. The summed E-state index contributed by atoms with van der Waals surface area (Å²) in [5, 5.41) is 9.19. The lowest BCUT2D eigenvalue weighted by Gasteiger charge is -2.07. The minimum absolute atomic E-state index is 0.00968. The minimum atomic E-state index is -1.06. The first-order chi connectivity index (χ1) is 15.4. The number of carbonyl (C=O) groups is 1. The van der Waals surface area contributed by atoms with Crippen molar-refractivity contribution in [3.8, 4) is 5.69 Å². The van der Waals surface area contributed by atoms with Gasteiger partial charge in [-0.3, -0.25) is 18.6 Å². The monoisotopic (exact) mass is 451 g/mol. The minimum Gasteiger partial charge on any atom is -0.358 e. The molecule has 32 heavy (non-hydrogen) atoms. The number of nitrogens with one attached hydrogen (secondary N) is 1. The topological polar surface area (TPSA) is 85.1 Å². The summed E-state index contributed by atoms with van der Waals surface area (Å²) in [5.74, 6) is -2.02. The van der Waals surface area contributed by atoms with E-state index in [-0.39, 0.29) is 22.9 Å². The Morgan fingerprint density at radius 1 is 1.09 bits per heavy atom. The number of H-pyrrole nitrogens is 1. The van der Waals surface area contributed by atoms with E-state index in [9.17, 15) is 18.4 Å². The van der Waals surface area contributed by atoms with Gasteiger partial charge in [-0.25, -0.2) is 8.78 Å². The van der Waals surface area contributed by atoms with Crippen LogP contribution in [0.1, 0.15) is 16.1 Å². The average Bonchev–Trinajstić information content (AvgIpc) is 3.35. The number of nitrogens with zero attached hydrogens (tertiary/aromatic N) is 4. The van der Waals surface area contributed by atoms with E-state index in [0.29, 0.717) is 10.7 Å². The molecule has 1 N–H and O–H groups in total. The molecule has 160 valence electrons. The van der Waals surface area contributed by atoms with Crippen molar-refractivity contribution >= 4 is 34.1 Å². The Hall–Kier alpha value is -3.79. The van der Waals surface area contributed by atoms with Crippen LogP contribution in [0, 0.1) is 18.6 Å². The van der Waals surface area contributed by atoms with Gasteiger partial charge in [0.2, 0.25) is 5.65 Å². The van der Waals surface area contributed by atoms with Crippen LogP contribution >= 0.6 is 11.8 Å². The largest absolute Gasteiger partial charge is 0.358 e. The van der Waals surface area contributed by atoms with E-state index >= 15 is 0 Å². The van der Waals surface area contributed by atoms with Crippen molar-refractivity contribution in [2.24, 2.45) is 0 Å². The van der Waals surface area contributed by atoms with E-state index in [2.05, 4.69) is 15.2 Å². The molecule has 10 heteroatoms. The lowest BCUT2D eigenvalue weighted by Crippen LogP contribution is -2.20. The van der Waals surface area contributed by atoms with Crippen molar-refractivity contribution in [3.05, 3.63) is 88.1 Å². The zero-order valence-corrected chi connectivity index (χ0v) is 17.5. The van der Waals surface area contributed by atoms with Gasteiger partial charge >= 0.3 is 5.56 Å². The number of hydrogen-bond acceptors (Lipinski definition) is 5. The molecule has 0 atom stereocenters. The van der Waals surface area contributed by atoms with Gasteiger partial charge in [-0.1, -0.05) is 30.0 Å². The number of fused-ring (bicyclic) bond motifs is 2. The van der Waals surface area contributed by atoms with Crippen molar-refractivity contribution < 1.29 is 13.6 Å². The Morgan fingerprint density at radius 3 is 2.72 bits per heavy atom. The summed E-state index contributed by atoms with van der Waals surface area (Å²) >= 11 is 1.16. The average molecular weight is 451 g/mol. The SMILES string of the molecule is Cc1[nH]c2ccccc2c1C(=O)CSc1nnc2c(=O)n(-c3ccc(F)c(F)c3)ccn12. The molecular formula is C22H15F2N5O2S. The second kappa shape index (κ2) is 7.72. The summed E-state index contributed by atoms with van der Waals surface area (Å²) in [6.07, 6.45) is 2.96. The number of thioether (sulfide) groups is 1. The molecule has 7 nitrogen and oxygen atoms in total. The number of carbonyl (C=O) groups excluding carboxylic acids is 1. The molecule has 0 aliphatic rings. The predicted octanol–water partition coefficient (Wildman–Crippen LogP) is 3.92. The van der Waals surface area contributed by atoms with E-state index < -0.39 is 17.2 Å². The highest BCUT2D eigenvalue weighted by Gasteiger charge is 2.18. The highest BCUT2D eigenvalue weighted by atomic mass is 32.2. The summed E-state index contributed by atoms with van der Waals surface area (Å²) in [4.78, 5) is 28.9. The molecule has 0 fully saturated rings. The van der Waals surface area contributed by atoms with Gasteiger partial charge in [-0.15, -0.1) is 10.2 Å². The van der Waals surface area contributed by atoms with E-state index in [1.807, 2.05) is 31.2 Å². The Morgan fingerprint density at radius 2 is 1.91 bits per heavy atom. The first kappa shape index (κ1) is 20.1. The molecule has 5 rings (SSSR count). The molecule has 3 aromatic heterocycles. The molecule has 0 spiro atoms. The summed E-state index contributed by atoms with van der Waals surface area (Å²) in [6, 6.07) is 10.8. The standard InChI is InChI=1S/C22H15F2N5O2S/c1-12-19(14-4-2-3-5-17(14)25-12)18(30)11-32-22-27-26-20-21(31)28(8-9-29(20)22)13-6-7-15(23)16(24)10-13/h2-10,25H,11H2,1H3. The summed E-state index contributed by atoms with van der Waals surface area (Å²) < 4.78 is 29.4. The lowest BCUT2D eigenvalue weighted by molar-refractivity contribution is 0.102. The Kier molecular flexibility index (Phi) is 4.86. The number of benzene rings is 2. The Balaban J connectivity index is 1.44. The van der Waals surface area contributed by atoms with E-state index in [1.54, 1.807) is 6.20 Å². The zero-order chi connectivity index (χ0) is 22.4. The van der Waals surface area contributed by atoms with Crippen LogP contribution in [0.4, 0.5) is 8.78 Å². The van der Waals surface area contributed by atoms with Crippen LogP contribution in [-0.2, 0) is 0 Å². The maximum atomic E-state index is 13.6. The number of aromatic amines is 1. The maximum Gasteiger partial charge on any atom is 0.300 e. The maximum absolute atomic E-state index is 13.6. The zero-order valence-electron chi connectivity index (χ0n) is 16.7. The van der Waals surface area contributed by atoms with Crippen LogP contribution in [0.2, 0.25) is 0 Å². The summed E-state index contributed by atoms with van der Waals surface area (Å²) in [5.41, 5.74) is 1.94. The van der Waals surface area contributed by atoms with Gasteiger partial charge in [0.05, 0.1) is 11.4 Å². The number of aryl methyl sites for hydroxylation is 1. The summed E-state index contributed by atoms with van der Waals surface area (Å²) in [6.45, 7) is 1.85. The Labute approximate surface area is 183 Å². The fraction of sp³-hybridized carbons (Fsp3) is 0.0909.